The molecular weight excluding hydrogens is 425 g/mol. The molecule has 0 bridgehead atoms. The Labute approximate surface area is 183 Å². The first-order valence-electron chi connectivity index (χ1n) is 10.6. The highest BCUT2D eigenvalue weighted by Gasteiger charge is 2.33. The number of carbonyl (C=O) groups is 1. The summed E-state index contributed by atoms with van der Waals surface area (Å²) >= 11 is 0. The average molecular weight is 448 g/mol. The third-order valence-corrected chi connectivity index (χ3v) is 6.24. The second-order valence-corrected chi connectivity index (χ2v) is 8.32. The summed E-state index contributed by atoms with van der Waals surface area (Å²) in [5.74, 6) is 1.90. The summed E-state index contributed by atoms with van der Waals surface area (Å²) in [6, 6.07) is 9.86. The van der Waals surface area contributed by atoms with Crippen LogP contribution in [0.3, 0.4) is 0 Å². The zero-order valence-electron chi connectivity index (χ0n) is 17.4. The number of halogens is 3. The minimum atomic E-state index is -4.49. The van der Waals surface area contributed by atoms with Crippen molar-refractivity contribution >= 4 is 11.8 Å². The van der Waals surface area contributed by atoms with E-state index in [1.807, 2.05) is 12.1 Å². The van der Waals surface area contributed by atoms with Crippen molar-refractivity contribution < 1.29 is 32.2 Å². The predicted molar refractivity (Wildman–Crippen MR) is 110 cm³/mol. The van der Waals surface area contributed by atoms with Crippen LogP contribution in [0.1, 0.15) is 35.4 Å². The van der Waals surface area contributed by atoms with Gasteiger partial charge in [0.25, 0.3) is 0 Å². The molecule has 9 heteroatoms. The molecular formula is C23H23F3N2O4. The molecule has 0 radical (unpaired) electrons. The quantitative estimate of drug-likeness (QED) is 0.675. The summed E-state index contributed by atoms with van der Waals surface area (Å²) in [6.45, 7) is 2.62. The summed E-state index contributed by atoms with van der Waals surface area (Å²) in [6.07, 6.45) is -3.28. The molecule has 1 amide bonds. The molecule has 2 saturated heterocycles. The molecule has 5 rings (SSSR count). The monoisotopic (exact) mass is 448 g/mol. The number of amides is 1. The molecule has 0 saturated carbocycles. The topological polar surface area (TPSA) is 51.2 Å². The Bertz CT molecular complexity index is 1020. The Balaban J connectivity index is 1.28. The highest BCUT2D eigenvalue weighted by atomic mass is 19.4. The Hall–Kier alpha value is -2.94. The van der Waals surface area contributed by atoms with Crippen LogP contribution >= 0.6 is 0 Å². The van der Waals surface area contributed by atoms with Crippen LogP contribution < -0.4 is 14.4 Å². The number of piperidine rings is 1. The maximum Gasteiger partial charge on any atom is 0.416 e. The van der Waals surface area contributed by atoms with Gasteiger partial charge in [0.05, 0.1) is 12.1 Å². The van der Waals surface area contributed by atoms with E-state index in [2.05, 4.69) is 11.0 Å². The first-order valence-corrected chi connectivity index (χ1v) is 10.6. The van der Waals surface area contributed by atoms with Crippen LogP contribution in [0.2, 0.25) is 0 Å². The van der Waals surface area contributed by atoms with Crippen molar-refractivity contribution in [3.63, 3.8) is 0 Å². The van der Waals surface area contributed by atoms with Gasteiger partial charge in [-0.2, -0.15) is 13.2 Å². The maximum atomic E-state index is 13.5. The number of rotatable bonds is 4. The van der Waals surface area contributed by atoms with Crippen molar-refractivity contribution in [1.29, 1.82) is 0 Å². The number of alkyl halides is 3. The molecule has 32 heavy (non-hydrogen) atoms. The number of benzene rings is 2. The number of anilines is 1. The van der Waals surface area contributed by atoms with Gasteiger partial charge in [0.2, 0.25) is 6.79 Å². The van der Waals surface area contributed by atoms with E-state index in [0.29, 0.717) is 18.0 Å². The fourth-order valence-electron chi connectivity index (χ4n) is 4.56. The van der Waals surface area contributed by atoms with Crippen molar-refractivity contribution in [2.24, 2.45) is 0 Å². The van der Waals surface area contributed by atoms with E-state index < -0.39 is 17.8 Å². The van der Waals surface area contributed by atoms with Crippen LogP contribution in [0.5, 0.6) is 11.5 Å². The van der Waals surface area contributed by atoms with E-state index in [4.69, 9.17) is 14.2 Å². The molecule has 0 atom stereocenters. The Kier molecular flexibility index (Phi) is 5.36. The number of hydrogen-bond acceptors (Lipinski definition) is 5. The molecule has 0 N–H and O–H groups in total. The summed E-state index contributed by atoms with van der Waals surface area (Å²) in [7, 11) is 0. The first kappa shape index (κ1) is 20.9. The molecule has 0 aromatic heterocycles. The highest BCUT2D eigenvalue weighted by Crippen LogP contribution is 2.38. The van der Waals surface area contributed by atoms with Gasteiger partial charge in [0.1, 0.15) is 6.61 Å². The summed E-state index contributed by atoms with van der Waals surface area (Å²) in [5.41, 5.74) is 1.21. The van der Waals surface area contributed by atoms with Crippen molar-refractivity contribution in [2.45, 2.75) is 31.5 Å². The molecule has 170 valence electrons. The van der Waals surface area contributed by atoms with Gasteiger partial charge in [0.15, 0.2) is 11.5 Å². The van der Waals surface area contributed by atoms with Crippen LogP contribution in [0.15, 0.2) is 36.4 Å². The maximum absolute atomic E-state index is 13.5. The molecule has 0 spiro atoms. The summed E-state index contributed by atoms with van der Waals surface area (Å²) in [4.78, 5) is 15.3. The summed E-state index contributed by atoms with van der Waals surface area (Å²) < 4.78 is 56.2. The van der Waals surface area contributed by atoms with Crippen LogP contribution in [-0.4, -0.2) is 44.0 Å². The normalized spacial score (nSPS) is 19.5. The van der Waals surface area contributed by atoms with E-state index in [1.54, 1.807) is 6.07 Å². The number of carbonyl (C=O) groups excluding carboxylic acids is 1. The van der Waals surface area contributed by atoms with E-state index in [9.17, 15) is 18.0 Å². The molecule has 0 aliphatic carbocycles. The third kappa shape index (κ3) is 4.21. The van der Waals surface area contributed by atoms with E-state index >= 15 is 0 Å². The Morgan fingerprint density at radius 2 is 1.72 bits per heavy atom. The minimum Gasteiger partial charge on any atom is -0.454 e. The number of cyclic esters (lactones) is 1. The van der Waals surface area contributed by atoms with Gasteiger partial charge in [0, 0.05) is 12.2 Å². The molecule has 3 heterocycles. The molecule has 2 fully saturated rings. The van der Waals surface area contributed by atoms with Crippen molar-refractivity contribution in [3.8, 4) is 11.5 Å². The van der Waals surface area contributed by atoms with Crippen LogP contribution in [0, 0.1) is 0 Å². The van der Waals surface area contributed by atoms with Crippen LogP contribution in [0.4, 0.5) is 23.7 Å². The number of hydrogen-bond donors (Lipinski definition) is 0. The third-order valence-electron chi connectivity index (χ3n) is 6.24. The molecule has 0 unspecified atom stereocenters. The lowest BCUT2D eigenvalue weighted by Crippen LogP contribution is -2.32. The second-order valence-electron chi connectivity index (χ2n) is 8.32. The van der Waals surface area contributed by atoms with Crippen molar-refractivity contribution in [1.82, 2.24) is 4.90 Å². The Morgan fingerprint density at radius 1 is 0.938 bits per heavy atom. The van der Waals surface area contributed by atoms with Gasteiger partial charge in [-0.15, -0.1) is 0 Å². The van der Waals surface area contributed by atoms with Gasteiger partial charge in [-0.3, -0.25) is 9.80 Å². The zero-order valence-corrected chi connectivity index (χ0v) is 17.4. The SMILES string of the molecule is O=C1OCCN1c1cc(CN2CCC(c3ccc4c(c3)OCO4)CC2)cc(C(F)(F)F)c1. The largest absolute Gasteiger partial charge is 0.454 e. The lowest BCUT2D eigenvalue weighted by atomic mass is 9.89. The first-order chi connectivity index (χ1) is 15.4. The fourth-order valence-corrected chi connectivity index (χ4v) is 4.56. The van der Waals surface area contributed by atoms with Gasteiger partial charge in [-0.25, -0.2) is 4.79 Å². The molecule has 3 aliphatic heterocycles. The van der Waals surface area contributed by atoms with E-state index in [-0.39, 0.29) is 25.6 Å². The van der Waals surface area contributed by atoms with Gasteiger partial charge in [-0.05, 0) is 73.3 Å². The number of ether oxygens (including phenoxy) is 3. The number of nitrogens with zero attached hydrogens (tertiary/aromatic N) is 2. The highest BCUT2D eigenvalue weighted by molar-refractivity contribution is 5.89. The smallest absolute Gasteiger partial charge is 0.416 e. The fraction of sp³-hybridized carbons (Fsp3) is 0.435. The molecule has 6 nitrogen and oxygen atoms in total. The predicted octanol–water partition coefficient (Wildman–Crippen LogP) is 4.77. The van der Waals surface area contributed by atoms with E-state index in [1.165, 1.54) is 16.5 Å². The minimum absolute atomic E-state index is 0.178. The average Bonchev–Trinajstić information content (AvgIpc) is 3.41. The van der Waals surface area contributed by atoms with Crippen LogP contribution in [-0.2, 0) is 17.5 Å². The number of fused-ring (bicyclic) bond motifs is 1. The summed E-state index contributed by atoms with van der Waals surface area (Å²) in [5, 5.41) is 0. The molecule has 2 aromatic rings. The Morgan fingerprint density at radius 3 is 2.44 bits per heavy atom. The molecule has 3 aliphatic rings. The van der Waals surface area contributed by atoms with Crippen molar-refractivity contribution in [2.75, 3.05) is 37.9 Å². The van der Waals surface area contributed by atoms with Gasteiger partial charge in [-0.1, -0.05) is 6.07 Å². The van der Waals surface area contributed by atoms with Gasteiger partial charge < -0.3 is 14.2 Å². The lowest BCUT2D eigenvalue weighted by Gasteiger charge is -2.32. The van der Waals surface area contributed by atoms with Crippen LogP contribution in [0.25, 0.3) is 0 Å². The standard InChI is InChI=1S/C23H23F3N2O4/c24-23(25,26)18-9-15(10-19(12-18)28-7-8-30-22(28)29)13-27-5-3-16(4-6-27)17-1-2-20-21(11-17)32-14-31-20/h1-2,9-12,16H,3-8,13-14H2. The number of likely N-dealkylation sites (tertiary alicyclic amines) is 1. The second kappa shape index (κ2) is 8.20. The van der Waals surface area contributed by atoms with Gasteiger partial charge >= 0.3 is 12.3 Å². The molecule has 2 aromatic carbocycles. The lowest BCUT2D eigenvalue weighted by molar-refractivity contribution is -0.137. The van der Waals surface area contributed by atoms with Crippen molar-refractivity contribution in [3.05, 3.63) is 53.1 Å². The zero-order chi connectivity index (χ0) is 22.3. The van der Waals surface area contributed by atoms with E-state index in [0.717, 1.165) is 43.5 Å².